The molecule has 0 saturated heterocycles. The standard InChI is InChI=1S/C17H23N5O.ClH/c18-11-15-20-16(22-21-15)12-7-9-14(10-8-12)19-17(23)13-5-3-1-2-4-6-13;/h7-10,13H,1-6,11,18H2,(H,19,23)(H,20,21,22);1H. The van der Waals surface area contributed by atoms with Crippen molar-refractivity contribution in [3.05, 3.63) is 30.1 Å². The first-order valence-corrected chi connectivity index (χ1v) is 8.29. The number of amides is 1. The molecule has 24 heavy (non-hydrogen) atoms. The van der Waals surface area contributed by atoms with Crippen molar-refractivity contribution in [2.24, 2.45) is 11.7 Å². The lowest BCUT2D eigenvalue weighted by Gasteiger charge is -2.14. The van der Waals surface area contributed by atoms with Crippen LogP contribution in [-0.4, -0.2) is 21.1 Å². The molecule has 4 N–H and O–H groups in total. The normalized spacial score (nSPS) is 15.4. The highest BCUT2D eigenvalue weighted by Gasteiger charge is 2.20. The molecule has 0 atom stereocenters. The molecule has 0 unspecified atom stereocenters. The topological polar surface area (TPSA) is 96.7 Å². The Hall–Kier alpha value is -1.92. The van der Waals surface area contributed by atoms with Crippen molar-refractivity contribution < 1.29 is 4.79 Å². The van der Waals surface area contributed by atoms with Crippen LogP contribution >= 0.6 is 12.4 Å². The molecule has 1 aliphatic rings. The summed E-state index contributed by atoms with van der Waals surface area (Å²) in [6.45, 7) is 0.336. The van der Waals surface area contributed by atoms with Crippen LogP contribution < -0.4 is 11.1 Å². The average Bonchev–Trinajstić information content (AvgIpc) is 2.89. The molecule has 0 spiro atoms. The first-order chi connectivity index (χ1) is 11.3. The van der Waals surface area contributed by atoms with E-state index in [4.69, 9.17) is 5.73 Å². The van der Waals surface area contributed by atoms with Crippen molar-refractivity contribution in [1.82, 2.24) is 15.2 Å². The first kappa shape index (κ1) is 18.4. The van der Waals surface area contributed by atoms with Crippen molar-refractivity contribution in [2.75, 3.05) is 5.32 Å². The predicted octanol–water partition coefficient (Wildman–Crippen LogP) is 3.26. The van der Waals surface area contributed by atoms with Gasteiger partial charge in [0.05, 0.1) is 6.54 Å². The van der Waals surface area contributed by atoms with Gasteiger partial charge in [-0.05, 0) is 37.1 Å². The molecule has 1 saturated carbocycles. The lowest BCUT2D eigenvalue weighted by Crippen LogP contribution is -2.22. The van der Waals surface area contributed by atoms with Gasteiger partial charge in [-0.1, -0.05) is 25.7 Å². The Kier molecular flexibility index (Phi) is 6.75. The minimum absolute atomic E-state index is 0. The predicted molar refractivity (Wildman–Crippen MR) is 96.8 cm³/mol. The number of nitrogens with two attached hydrogens (primary N) is 1. The van der Waals surface area contributed by atoms with E-state index in [9.17, 15) is 4.79 Å². The number of carbonyl (C=O) groups excluding carboxylic acids is 1. The van der Waals surface area contributed by atoms with Gasteiger partial charge in [0.15, 0.2) is 5.82 Å². The van der Waals surface area contributed by atoms with E-state index in [1.807, 2.05) is 24.3 Å². The summed E-state index contributed by atoms with van der Waals surface area (Å²) in [5, 5.41) is 9.95. The maximum Gasteiger partial charge on any atom is 0.227 e. The SMILES string of the molecule is Cl.NCc1nc(-c2ccc(NC(=O)C3CCCCCC3)cc2)n[nH]1. The minimum Gasteiger partial charge on any atom is -0.326 e. The van der Waals surface area contributed by atoms with Crippen molar-refractivity contribution in [3.8, 4) is 11.4 Å². The summed E-state index contributed by atoms with van der Waals surface area (Å²) >= 11 is 0. The summed E-state index contributed by atoms with van der Waals surface area (Å²) < 4.78 is 0. The van der Waals surface area contributed by atoms with Crippen molar-refractivity contribution >= 4 is 24.0 Å². The van der Waals surface area contributed by atoms with E-state index in [1.54, 1.807) is 0 Å². The van der Waals surface area contributed by atoms with E-state index in [0.717, 1.165) is 36.9 Å². The first-order valence-electron chi connectivity index (χ1n) is 8.29. The highest BCUT2D eigenvalue weighted by atomic mass is 35.5. The average molecular weight is 350 g/mol. The fourth-order valence-electron chi connectivity index (χ4n) is 3.00. The molecule has 1 amide bonds. The van der Waals surface area contributed by atoms with Crippen molar-refractivity contribution in [2.45, 2.75) is 45.1 Å². The van der Waals surface area contributed by atoms with Gasteiger partial charge < -0.3 is 11.1 Å². The molecule has 6 nitrogen and oxygen atoms in total. The Morgan fingerprint density at radius 2 is 1.83 bits per heavy atom. The van der Waals surface area contributed by atoms with Crippen LogP contribution in [-0.2, 0) is 11.3 Å². The number of aromatic nitrogens is 3. The molecule has 7 heteroatoms. The second kappa shape index (κ2) is 8.80. The minimum atomic E-state index is 0. The Morgan fingerprint density at radius 1 is 1.17 bits per heavy atom. The zero-order valence-electron chi connectivity index (χ0n) is 13.6. The van der Waals surface area contributed by atoms with E-state index in [2.05, 4.69) is 20.5 Å². The largest absolute Gasteiger partial charge is 0.326 e. The second-order valence-corrected chi connectivity index (χ2v) is 6.06. The summed E-state index contributed by atoms with van der Waals surface area (Å²) in [6.07, 6.45) is 6.82. The van der Waals surface area contributed by atoms with Gasteiger partial charge in [-0.2, -0.15) is 5.10 Å². The molecule has 2 aromatic rings. The molecule has 1 fully saturated rings. The molecule has 1 aromatic carbocycles. The van der Waals surface area contributed by atoms with Crippen LogP contribution in [0, 0.1) is 5.92 Å². The highest BCUT2D eigenvalue weighted by molar-refractivity contribution is 5.92. The fourth-order valence-corrected chi connectivity index (χ4v) is 3.00. The van der Waals surface area contributed by atoms with Crippen LogP contribution in [0.1, 0.15) is 44.3 Å². The quantitative estimate of drug-likeness (QED) is 0.738. The third-order valence-electron chi connectivity index (χ3n) is 4.36. The molecule has 3 rings (SSSR count). The number of hydrogen-bond donors (Lipinski definition) is 3. The van der Waals surface area contributed by atoms with Gasteiger partial charge in [0, 0.05) is 17.2 Å². The van der Waals surface area contributed by atoms with Crippen LogP contribution in [0.25, 0.3) is 11.4 Å². The van der Waals surface area contributed by atoms with Gasteiger partial charge in [-0.3, -0.25) is 9.89 Å². The van der Waals surface area contributed by atoms with Crippen LogP contribution in [0.4, 0.5) is 5.69 Å². The lowest BCUT2D eigenvalue weighted by atomic mass is 9.99. The highest BCUT2D eigenvalue weighted by Crippen LogP contribution is 2.25. The van der Waals surface area contributed by atoms with Gasteiger partial charge in [-0.25, -0.2) is 4.98 Å². The van der Waals surface area contributed by atoms with Crippen LogP contribution in [0.3, 0.4) is 0 Å². The molecule has 1 heterocycles. The van der Waals surface area contributed by atoms with Gasteiger partial charge in [0.2, 0.25) is 5.91 Å². The van der Waals surface area contributed by atoms with Crippen molar-refractivity contribution in [3.63, 3.8) is 0 Å². The maximum atomic E-state index is 12.4. The molecular weight excluding hydrogens is 326 g/mol. The molecule has 0 bridgehead atoms. The van der Waals surface area contributed by atoms with E-state index >= 15 is 0 Å². The summed E-state index contributed by atoms with van der Waals surface area (Å²) in [7, 11) is 0. The summed E-state index contributed by atoms with van der Waals surface area (Å²) in [6, 6.07) is 7.60. The van der Waals surface area contributed by atoms with E-state index in [0.29, 0.717) is 18.2 Å². The summed E-state index contributed by atoms with van der Waals surface area (Å²) in [4.78, 5) is 16.7. The Morgan fingerprint density at radius 3 is 2.42 bits per heavy atom. The molecule has 0 radical (unpaired) electrons. The summed E-state index contributed by atoms with van der Waals surface area (Å²) in [5.41, 5.74) is 7.23. The van der Waals surface area contributed by atoms with E-state index in [1.165, 1.54) is 12.8 Å². The zero-order valence-corrected chi connectivity index (χ0v) is 14.4. The lowest BCUT2D eigenvalue weighted by molar-refractivity contribution is -0.120. The maximum absolute atomic E-state index is 12.4. The molecule has 1 aliphatic carbocycles. The molecular formula is C17H24ClN5O. The zero-order chi connectivity index (χ0) is 16.1. The monoisotopic (exact) mass is 349 g/mol. The van der Waals surface area contributed by atoms with E-state index < -0.39 is 0 Å². The molecule has 130 valence electrons. The number of nitrogens with zero attached hydrogens (tertiary/aromatic N) is 2. The van der Waals surface area contributed by atoms with Gasteiger partial charge in [0.1, 0.15) is 5.82 Å². The Balaban J connectivity index is 0.00000208. The number of carbonyl (C=O) groups is 1. The van der Waals surface area contributed by atoms with Gasteiger partial charge >= 0.3 is 0 Å². The Bertz CT molecular complexity index is 647. The number of hydrogen-bond acceptors (Lipinski definition) is 4. The van der Waals surface area contributed by atoms with E-state index in [-0.39, 0.29) is 24.2 Å². The molecule has 0 aliphatic heterocycles. The van der Waals surface area contributed by atoms with Crippen LogP contribution in [0.15, 0.2) is 24.3 Å². The number of rotatable bonds is 4. The number of anilines is 1. The number of halogens is 1. The fraction of sp³-hybridized carbons (Fsp3) is 0.471. The van der Waals surface area contributed by atoms with Gasteiger partial charge in [0.25, 0.3) is 0 Å². The van der Waals surface area contributed by atoms with Gasteiger partial charge in [-0.15, -0.1) is 12.4 Å². The second-order valence-electron chi connectivity index (χ2n) is 6.06. The number of benzene rings is 1. The molecule has 1 aromatic heterocycles. The van der Waals surface area contributed by atoms with Crippen LogP contribution in [0.2, 0.25) is 0 Å². The summed E-state index contributed by atoms with van der Waals surface area (Å²) in [5.74, 6) is 1.57. The van der Waals surface area contributed by atoms with Crippen molar-refractivity contribution in [1.29, 1.82) is 0 Å². The smallest absolute Gasteiger partial charge is 0.227 e. The Labute approximate surface area is 148 Å². The number of aromatic amines is 1. The third kappa shape index (κ3) is 4.55. The number of nitrogens with one attached hydrogen (secondary N) is 2. The van der Waals surface area contributed by atoms with Crippen LogP contribution in [0.5, 0.6) is 0 Å². The third-order valence-corrected chi connectivity index (χ3v) is 4.36. The number of H-pyrrole nitrogens is 1.